The molecule has 0 aromatic carbocycles. The summed E-state index contributed by atoms with van der Waals surface area (Å²) < 4.78 is 0. The minimum absolute atomic E-state index is 0.0139. The smallest absolute Gasteiger partial charge is 0.220 e. The number of unbranched alkanes of at least 4 members (excludes halogenated alkanes) is 1. The molecule has 0 aromatic heterocycles. The summed E-state index contributed by atoms with van der Waals surface area (Å²) in [5, 5.41) is 12.6. The van der Waals surface area contributed by atoms with E-state index in [1.54, 1.807) is 13.8 Å². The molecular weight excluding hydrogens is 234 g/mol. The van der Waals surface area contributed by atoms with Gasteiger partial charge in [-0.15, -0.1) is 0 Å². The fourth-order valence-electron chi connectivity index (χ4n) is 0.859. The minimum Gasteiger partial charge on any atom is -0.394 e. The molecule has 0 spiro atoms. The van der Waals surface area contributed by atoms with E-state index < -0.39 is 5.54 Å². The molecule has 3 nitrogen and oxygen atoms in total. The third-order valence-corrected chi connectivity index (χ3v) is 2.22. The van der Waals surface area contributed by atoms with Gasteiger partial charge in [-0.3, -0.25) is 4.79 Å². The molecule has 0 aliphatic heterocycles. The molecule has 4 heteroatoms. The van der Waals surface area contributed by atoms with Crippen molar-refractivity contribution >= 4 is 21.8 Å². The summed E-state index contributed by atoms with van der Waals surface area (Å²) in [6.45, 7) is 3.57. The Balaban J connectivity index is 3.62. The molecule has 0 aliphatic carbocycles. The lowest BCUT2D eigenvalue weighted by Gasteiger charge is -2.23. The standard InChI is InChI=1S/C9H18BrNO2/c1-9(2,7-12)11-8(13)5-3-4-6-10/h12H,3-7H2,1-2H3,(H,11,13). The number of aliphatic hydroxyl groups excluding tert-OH is 1. The molecule has 0 fully saturated rings. The Morgan fingerprint density at radius 3 is 2.54 bits per heavy atom. The van der Waals surface area contributed by atoms with Crippen molar-refractivity contribution in [3.8, 4) is 0 Å². The highest BCUT2D eigenvalue weighted by molar-refractivity contribution is 9.09. The first-order valence-corrected chi connectivity index (χ1v) is 5.62. The number of aliphatic hydroxyl groups is 1. The van der Waals surface area contributed by atoms with Crippen LogP contribution in [0.2, 0.25) is 0 Å². The summed E-state index contributed by atoms with van der Waals surface area (Å²) in [4.78, 5) is 11.3. The van der Waals surface area contributed by atoms with Crippen LogP contribution >= 0.6 is 15.9 Å². The van der Waals surface area contributed by atoms with Crippen molar-refractivity contribution in [3.05, 3.63) is 0 Å². The molecule has 2 N–H and O–H groups in total. The Kier molecular flexibility index (Phi) is 6.33. The van der Waals surface area contributed by atoms with E-state index in [9.17, 15) is 4.79 Å². The number of hydrogen-bond acceptors (Lipinski definition) is 2. The summed E-state index contributed by atoms with van der Waals surface area (Å²) in [6.07, 6.45) is 2.43. The largest absolute Gasteiger partial charge is 0.394 e. The van der Waals surface area contributed by atoms with Gasteiger partial charge in [-0.1, -0.05) is 15.9 Å². The van der Waals surface area contributed by atoms with Crippen molar-refractivity contribution in [1.82, 2.24) is 5.32 Å². The van der Waals surface area contributed by atoms with Crippen LogP contribution in [0, 0.1) is 0 Å². The number of rotatable bonds is 6. The Labute approximate surface area is 88.0 Å². The van der Waals surface area contributed by atoms with E-state index in [2.05, 4.69) is 21.2 Å². The van der Waals surface area contributed by atoms with E-state index in [0.29, 0.717) is 6.42 Å². The third-order valence-electron chi connectivity index (χ3n) is 1.66. The third kappa shape index (κ3) is 7.02. The second-order valence-corrected chi connectivity index (χ2v) is 4.53. The van der Waals surface area contributed by atoms with E-state index in [1.807, 2.05) is 0 Å². The van der Waals surface area contributed by atoms with Crippen LogP contribution in [0.1, 0.15) is 33.1 Å². The summed E-state index contributed by atoms with van der Waals surface area (Å²) in [6, 6.07) is 0. The zero-order valence-electron chi connectivity index (χ0n) is 8.27. The average molecular weight is 252 g/mol. The maximum Gasteiger partial charge on any atom is 0.220 e. The Morgan fingerprint density at radius 1 is 1.46 bits per heavy atom. The SMILES string of the molecule is CC(C)(CO)NC(=O)CCCCBr. The van der Waals surface area contributed by atoms with Gasteiger partial charge in [0.25, 0.3) is 0 Å². The maximum absolute atomic E-state index is 11.3. The van der Waals surface area contributed by atoms with Gasteiger partial charge in [0.1, 0.15) is 0 Å². The van der Waals surface area contributed by atoms with Crippen LogP contribution in [0.15, 0.2) is 0 Å². The van der Waals surface area contributed by atoms with Crippen LogP contribution in [0.3, 0.4) is 0 Å². The first kappa shape index (κ1) is 12.9. The van der Waals surface area contributed by atoms with Crippen molar-refractivity contribution in [2.75, 3.05) is 11.9 Å². The van der Waals surface area contributed by atoms with Gasteiger partial charge in [-0.2, -0.15) is 0 Å². The number of alkyl halides is 1. The van der Waals surface area contributed by atoms with Gasteiger partial charge in [0.15, 0.2) is 0 Å². The van der Waals surface area contributed by atoms with Gasteiger partial charge in [0, 0.05) is 11.8 Å². The van der Waals surface area contributed by atoms with Gasteiger partial charge >= 0.3 is 0 Å². The molecule has 0 saturated heterocycles. The van der Waals surface area contributed by atoms with Crippen LogP contribution in [-0.2, 0) is 4.79 Å². The first-order chi connectivity index (χ1) is 6.02. The fraction of sp³-hybridized carbons (Fsp3) is 0.889. The van der Waals surface area contributed by atoms with E-state index in [-0.39, 0.29) is 12.5 Å². The summed E-state index contributed by atoms with van der Waals surface area (Å²) in [5.41, 5.74) is -0.495. The molecule has 0 bridgehead atoms. The molecule has 0 atom stereocenters. The highest BCUT2D eigenvalue weighted by Gasteiger charge is 2.18. The summed E-state index contributed by atoms with van der Waals surface area (Å²) >= 11 is 3.30. The monoisotopic (exact) mass is 251 g/mol. The number of carbonyl (C=O) groups is 1. The second-order valence-electron chi connectivity index (χ2n) is 3.74. The average Bonchev–Trinajstić information content (AvgIpc) is 2.04. The molecular formula is C9H18BrNO2. The summed E-state index contributed by atoms with van der Waals surface area (Å²) in [7, 11) is 0. The Morgan fingerprint density at radius 2 is 2.08 bits per heavy atom. The van der Waals surface area contributed by atoms with Crippen LogP contribution < -0.4 is 5.32 Å². The molecule has 78 valence electrons. The lowest BCUT2D eigenvalue weighted by molar-refractivity contribution is -0.123. The lowest BCUT2D eigenvalue weighted by atomic mass is 10.1. The van der Waals surface area contributed by atoms with Gasteiger partial charge < -0.3 is 10.4 Å². The molecule has 13 heavy (non-hydrogen) atoms. The Bertz CT molecular complexity index is 160. The zero-order chi connectivity index (χ0) is 10.3. The normalized spacial score (nSPS) is 11.4. The van der Waals surface area contributed by atoms with Crippen LogP contribution in [-0.4, -0.2) is 28.5 Å². The molecule has 0 radical (unpaired) electrons. The molecule has 0 unspecified atom stereocenters. The van der Waals surface area contributed by atoms with Crippen molar-refractivity contribution < 1.29 is 9.90 Å². The molecule has 0 rings (SSSR count). The number of halogens is 1. The first-order valence-electron chi connectivity index (χ1n) is 4.49. The second kappa shape index (κ2) is 6.38. The fourth-order valence-corrected chi connectivity index (χ4v) is 1.26. The van der Waals surface area contributed by atoms with Gasteiger partial charge in [0.2, 0.25) is 5.91 Å². The van der Waals surface area contributed by atoms with E-state index in [4.69, 9.17) is 5.11 Å². The molecule has 0 aliphatic rings. The van der Waals surface area contributed by atoms with Crippen LogP contribution in [0.25, 0.3) is 0 Å². The predicted molar refractivity (Wildman–Crippen MR) is 57.0 cm³/mol. The maximum atomic E-state index is 11.3. The molecule has 0 heterocycles. The summed E-state index contributed by atoms with van der Waals surface area (Å²) in [5.74, 6) is 0.0139. The van der Waals surface area contributed by atoms with E-state index in [0.717, 1.165) is 18.2 Å². The van der Waals surface area contributed by atoms with Crippen molar-refractivity contribution in [2.24, 2.45) is 0 Å². The minimum atomic E-state index is -0.495. The quantitative estimate of drug-likeness (QED) is 0.555. The Hall–Kier alpha value is -0.0900. The van der Waals surface area contributed by atoms with Gasteiger partial charge in [0.05, 0.1) is 12.1 Å². The zero-order valence-corrected chi connectivity index (χ0v) is 9.85. The number of nitrogens with one attached hydrogen (secondary N) is 1. The lowest BCUT2D eigenvalue weighted by Crippen LogP contribution is -2.46. The predicted octanol–water partition coefficient (Wildman–Crippen LogP) is 1.44. The highest BCUT2D eigenvalue weighted by Crippen LogP contribution is 2.03. The number of hydrogen-bond donors (Lipinski definition) is 2. The van der Waals surface area contributed by atoms with Crippen molar-refractivity contribution in [1.29, 1.82) is 0 Å². The molecule has 1 amide bonds. The van der Waals surface area contributed by atoms with Crippen LogP contribution in [0.4, 0.5) is 0 Å². The molecule has 0 aromatic rings. The van der Waals surface area contributed by atoms with E-state index >= 15 is 0 Å². The van der Waals surface area contributed by atoms with Crippen LogP contribution in [0.5, 0.6) is 0 Å². The topological polar surface area (TPSA) is 49.3 Å². The van der Waals surface area contributed by atoms with Gasteiger partial charge in [-0.05, 0) is 26.7 Å². The van der Waals surface area contributed by atoms with E-state index in [1.165, 1.54) is 0 Å². The van der Waals surface area contributed by atoms with Crippen molar-refractivity contribution in [3.63, 3.8) is 0 Å². The number of carbonyl (C=O) groups excluding carboxylic acids is 1. The van der Waals surface area contributed by atoms with Crippen molar-refractivity contribution in [2.45, 2.75) is 38.6 Å². The molecule has 0 saturated carbocycles. The van der Waals surface area contributed by atoms with Gasteiger partial charge in [-0.25, -0.2) is 0 Å². The highest BCUT2D eigenvalue weighted by atomic mass is 79.9. The number of amides is 1.